The van der Waals surface area contributed by atoms with Gasteiger partial charge in [0.2, 0.25) is 0 Å². The summed E-state index contributed by atoms with van der Waals surface area (Å²) < 4.78 is 0. The van der Waals surface area contributed by atoms with Gasteiger partial charge in [0.05, 0.1) is 16.4 Å². The molecule has 0 amide bonds. The first-order valence-electron chi connectivity index (χ1n) is 6.39. The summed E-state index contributed by atoms with van der Waals surface area (Å²) in [6, 6.07) is 5.64. The van der Waals surface area contributed by atoms with E-state index in [9.17, 15) is 0 Å². The van der Waals surface area contributed by atoms with E-state index < -0.39 is 0 Å². The molecule has 0 aliphatic heterocycles. The zero-order valence-electron chi connectivity index (χ0n) is 10.4. The lowest BCUT2D eigenvalue weighted by Gasteiger charge is -2.34. The van der Waals surface area contributed by atoms with Crippen LogP contribution in [0.3, 0.4) is 0 Å². The number of para-hydroxylation sites is 1. The molecule has 2 rings (SSSR count). The Labute approximate surface area is 109 Å². The molecule has 0 saturated heterocycles. The Bertz CT molecular complexity index is 364. The van der Waals surface area contributed by atoms with Crippen LogP contribution in [0.25, 0.3) is 0 Å². The van der Waals surface area contributed by atoms with Crippen LogP contribution < -0.4 is 11.1 Å². The van der Waals surface area contributed by atoms with E-state index in [1.54, 1.807) is 0 Å². The highest BCUT2D eigenvalue weighted by atomic mass is 35.5. The molecule has 1 aromatic rings. The van der Waals surface area contributed by atoms with Crippen LogP contribution in [0.1, 0.15) is 39.0 Å². The molecule has 0 spiro atoms. The Balaban J connectivity index is 2.02. The van der Waals surface area contributed by atoms with E-state index in [1.807, 2.05) is 18.2 Å². The molecule has 0 unspecified atom stereocenters. The molecule has 0 aromatic heterocycles. The minimum absolute atomic E-state index is 0.393. The molecule has 2 nitrogen and oxygen atoms in total. The fourth-order valence-electron chi connectivity index (χ4n) is 2.61. The van der Waals surface area contributed by atoms with Crippen LogP contribution >= 0.6 is 11.6 Å². The average molecular weight is 253 g/mol. The van der Waals surface area contributed by atoms with Crippen molar-refractivity contribution in [2.24, 2.45) is 5.41 Å². The fraction of sp³-hybridized carbons (Fsp3) is 0.571. The SMILES string of the molecule is CC1(CNc2c(N)cccc2Cl)CCCCC1. The average Bonchev–Trinajstić information content (AvgIpc) is 2.29. The summed E-state index contributed by atoms with van der Waals surface area (Å²) in [6.07, 6.45) is 6.66. The number of nitrogens with two attached hydrogens (primary N) is 1. The van der Waals surface area contributed by atoms with Gasteiger partial charge in [-0.2, -0.15) is 0 Å². The Morgan fingerprint density at radius 2 is 2.00 bits per heavy atom. The lowest BCUT2D eigenvalue weighted by Crippen LogP contribution is -2.29. The van der Waals surface area contributed by atoms with Gasteiger partial charge in [0.1, 0.15) is 0 Å². The molecular formula is C14H21ClN2. The number of anilines is 2. The Hall–Kier alpha value is -0.890. The smallest absolute Gasteiger partial charge is 0.0763 e. The van der Waals surface area contributed by atoms with E-state index in [1.165, 1.54) is 32.1 Å². The molecular weight excluding hydrogens is 232 g/mol. The first-order valence-corrected chi connectivity index (χ1v) is 6.76. The predicted octanol–water partition coefficient (Wildman–Crippen LogP) is 4.30. The van der Waals surface area contributed by atoms with E-state index in [0.717, 1.165) is 17.9 Å². The maximum Gasteiger partial charge on any atom is 0.0763 e. The molecule has 94 valence electrons. The number of hydrogen-bond donors (Lipinski definition) is 2. The molecule has 1 aliphatic rings. The van der Waals surface area contributed by atoms with E-state index in [4.69, 9.17) is 17.3 Å². The predicted molar refractivity (Wildman–Crippen MR) is 75.5 cm³/mol. The van der Waals surface area contributed by atoms with Gasteiger partial charge in [-0.1, -0.05) is 43.9 Å². The van der Waals surface area contributed by atoms with E-state index in [-0.39, 0.29) is 0 Å². The summed E-state index contributed by atoms with van der Waals surface area (Å²) in [4.78, 5) is 0. The first kappa shape index (κ1) is 12.6. The third-order valence-electron chi connectivity index (χ3n) is 3.80. The van der Waals surface area contributed by atoms with Crippen molar-refractivity contribution in [1.29, 1.82) is 0 Å². The molecule has 0 bridgehead atoms. The van der Waals surface area contributed by atoms with Gasteiger partial charge in [0, 0.05) is 6.54 Å². The zero-order chi connectivity index (χ0) is 12.3. The van der Waals surface area contributed by atoms with Crippen molar-refractivity contribution in [3.63, 3.8) is 0 Å². The van der Waals surface area contributed by atoms with Crippen LogP contribution in [0.5, 0.6) is 0 Å². The van der Waals surface area contributed by atoms with Crippen LogP contribution in [-0.2, 0) is 0 Å². The van der Waals surface area contributed by atoms with Crippen molar-refractivity contribution in [1.82, 2.24) is 0 Å². The quantitative estimate of drug-likeness (QED) is 0.787. The van der Waals surface area contributed by atoms with Crippen molar-refractivity contribution >= 4 is 23.0 Å². The van der Waals surface area contributed by atoms with Crippen LogP contribution in [0.2, 0.25) is 5.02 Å². The van der Waals surface area contributed by atoms with Gasteiger partial charge in [-0.05, 0) is 30.4 Å². The molecule has 3 N–H and O–H groups in total. The number of nitrogens with one attached hydrogen (secondary N) is 1. The lowest BCUT2D eigenvalue weighted by molar-refractivity contribution is 0.233. The zero-order valence-corrected chi connectivity index (χ0v) is 11.2. The summed E-state index contributed by atoms with van der Waals surface area (Å²) in [5.74, 6) is 0. The van der Waals surface area contributed by atoms with E-state index in [0.29, 0.717) is 10.4 Å². The van der Waals surface area contributed by atoms with E-state index in [2.05, 4.69) is 12.2 Å². The summed E-state index contributed by atoms with van der Waals surface area (Å²) in [5, 5.41) is 4.15. The Morgan fingerprint density at radius 1 is 1.29 bits per heavy atom. The van der Waals surface area contributed by atoms with Gasteiger partial charge in [0.15, 0.2) is 0 Å². The molecule has 0 heterocycles. The van der Waals surface area contributed by atoms with Crippen LogP contribution in [0.15, 0.2) is 18.2 Å². The van der Waals surface area contributed by atoms with Gasteiger partial charge < -0.3 is 11.1 Å². The van der Waals surface area contributed by atoms with Crippen LogP contribution in [-0.4, -0.2) is 6.54 Å². The highest BCUT2D eigenvalue weighted by Gasteiger charge is 2.26. The number of rotatable bonds is 3. The second kappa shape index (κ2) is 5.18. The monoisotopic (exact) mass is 252 g/mol. The highest BCUT2D eigenvalue weighted by Crippen LogP contribution is 2.37. The minimum atomic E-state index is 0.393. The second-order valence-electron chi connectivity index (χ2n) is 5.43. The maximum atomic E-state index is 6.15. The maximum absolute atomic E-state index is 6.15. The molecule has 1 fully saturated rings. The fourth-order valence-corrected chi connectivity index (χ4v) is 2.86. The van der Waals surface area contributed by atoms with Gasteiger partial charge in [0.25, 0.3) is 0 Å². The van der Waals surface area contributed by atoms with Crippen molar-refractivity contribution < 1.29 is 0 Å². The largest absolute Gasteiger partial charge is 0.397 e. The third-order valence-corrected chi connectivity index (χ3v) is 4.11. The molecule has 3 heteroatoms. The number of benzene rings is 1. The Kier molecular flexibility index (Phi) is 3.82. The minimum Gasteiger partial charge on any atom is -0.397 e. The standard InChI is InChI=1S/C14H21ClN2/c1-14(8-3-2-4-9-14)10-17-13-11(15)6-5-7-12(13)16/h5-7,17H,2-4,8-10,16H2,1H3. The lowest BCUT2D eigenvalue weighted by atomic mass is 9.76. The van der Waals surface area contributed by atoms with Gasteiger partial charge in [-0.15, -0.1) is 0 Å². The van der Waals surface area contributed by atoms with Crippen LogP contribution in [0, 0.1) is 5.41 Å². The van der Waals surface area contributed by atoms with Crippen molar-refractivity contribution in [3.05, 3.63) is 23.2 Å². The number of halogens is 1. The summed E-state index contributed by atoms with van der Waals surface area (Å²) in [5.41, 5.74) is 7.95. The second-order valence-corrected chi connectivity index (χ2v) is 5.84. The van der Waals surface area contributed by atoms with E-state index >= 15 is 0 Å². The first-order chi connectivity index (χ1) is 8.11. The highest BCUT2D eigenvalue weighted by molar-refractivity contribution is 6.33. The third kappa shape index (κ3) is 3.06. The molecule has 17 heavy (non-hydrogen) atoms. The van der Waals surface area contributed by atoms with Gasteiger partial charge >= 0.3 is 0 Å². The number of nitrogen functional groups attached to an aromatic ring is 1. The normalized spacial score (nSPS) is 18.9. The molecule has 0 radical (unpaired) electrons. The summed E-state index contributed by atoms with van der Waals surface area (Å²) in [6.45, 7) is 3.31. The van der Waals surface area contributed by atoms with Crippen molar-refractivity contribution in [3.8, 4) is 0 Å². The molecule has 1 aliphatic carbocycles. The van der Waals surface area contributed by atoms with Gasteiger partial charge in [-0.25, -0.2) is 0 Å². The Morgan fingerprint density at radius 3 is 2.65 bits per heavy atom. The molecule has 1 saturated carbocycles. The number of hydrogen-bond acceptors (Lipinski definition) is 2. The molecule has 0 atom stereocenters. The van der Waals surface area contributed by atoms with Gasteiger partial charge in [-0.3, -0.25) is 0 Å². The molecule has 1 aromatic carbocycles. The summed E-state index contributed by atoms with van der Waals surface area (Å²) in [7, 11) is 0. The topological polar surface area (TPSA) is 38.0 Å². The van der Waals surface area contributed by atoms with Crippen molar-refractivity contribution in [2.75, 3.05) is 17.6 Å². The van der Waals surface area contributed by atoms with Crippen molar-refractivity contribution in [2.45, 2.75) is 39.0 Å². The summed E-state index contributed by atoms with van der Waals surface area (Å²) >= 11 is 6.15. The van der Waals surface area contributed by atoms with Crippen LogP contribution in [0.4, 0.5) is 11.4 Å².